The number of thiophene rings is 1. The highest BCUT2D eigenvalue weighted by Crippen LogP contribution is 2.32. The van der Waals surface area contributed by atoms with Crippen molar-refractivity contribution in [2.45, 2.75) is 23.9 Å². The Kier molecular flexibility index (Phi) is 3.62. The van der Waals surface area contributed by atoms with Crippen LogP contribution in [-0.2, 0) is 16.4 Å². The van der Waals surface area contributed by atoms with E-state index in [2.05, 4.69) is 5.32 Å². The first-order valence-corrected chi connectivity index (χ1v) is 8.92. The molecule has 0 bridgehead atoms. The van der Waals surface area contributed by atoms with Gasteiger partial charge in [0.1, 0.15) is 5.82 Å². The molecule has 6 heteroatoms. The van der Waals surface area contributed by atoms with Crippen LogP contribution in [0, 0.1) is 5.82 Å². The molecule has 1 aliphatic heterocycles. The lowest BCUT2D eigenvalue weighted by molar-refractivity contribution is 0.487. The molecule has 0 fully saturated rings. The first kappa shape index (κ1) is 13.7. The molecule has 1 atom stereocenters. The molecule has 0 saturated carbocycles. The van der Waals surface area contributed by atoms with E-state index < -0.39 is 15.7 Å². The molecule has 0 aliphatic carbocycles. The van der Waals surface area contributed by atoms with Crippen LogP contribution in [0.1, 0.15) is 23.6 Å². The molecular weight excluding hydrogens is 297 g/mol. The van der Waals surface area contributed by atoms with Gasteiger partial charge in [0.2, 0.25) is 0 Å². The normalized spacial score (nSPS) is 20.6. The molecule has 1 aromatic carbocycles. The fraction of sp³-hybridized carbons (Fsp3) is 0.286. The summed E-state index contributed by atoms with van der Waals surface area (Å²) in [7, 11) is -3.27. The van der Waals surface area contributed by atoms with Crippen molar-refractivity contribution in [2.75, 3.05) is 5.75 Å². The number of rotatable bonds is 3. The highest BCUT2D eigenvalue weighted by Gasteiger charge is 2.30. The summed E-state index contributed by atoms with van der Waals surface area (Å²) >= 11 is 1.62. The molecule has 2 aromatic rings. The van der Waals surface area contributed by atoms with Gasteiger partial charge in [-0.1, -0.05) is 0 Å². The van der Waals surface area contributed by atoms with Crippen molar-refractivity contribution in [3.05, 3.63) is 52.0 Å². The van der Waals surface area contributed by atoms with Crippen molar-refractivity contribution in [1.82, 2.24) is 5.32 Å². The average molecular weight is 311 g/mol. The van der Waals surface area contributed by atoms with Crippen LogP contribution >= 0.6 is 11.3 Å². The third kappa shape index (κ3) is 2.63. The summed E-state index contributed by atoms with van der Waals surface area (Å²) in [5.41, 5.74) is 1.70. The zero-order valence-electron chi connectivity index (χ0n) is 10.7. The summed E-state index contributed by atoms with van der Waals surface area (Å²) in [6.45, 7) is 0.657. The van der Waals surface area contributed by atoms with Gasteiger partial charge in [-0.3, -0.25) is 0 Å². The van der Waals surface area contributed by atoms with Crippen LogP contribution < -0.4 is 5.32 Å². The largest absolute Gasteiger partial charge is 0.306 e. The Bertz CT molecular complexity index is 711. The van der Waals surface area contributed by atoms with Gasteiger partial charge in [-0.25, -0.2) is 12.8 Å². The van der Waals surface area contributed by atoms with Gasteiger partial charge in [0.25, 0.3) is 0 Å². The van der Waals surface area contributed by atoms with E-state index >= 15 is 0 Å². The molecule has 3 nitrogen and oxygen atoms in total. The third-order valence-electron chi connectivity index (χ3n) is 3.49. The summed E-state index contributed by atoms with van der Waals surface area (Å²) < 4.78 is 37.4. The quantitative estimate of drug-likeness (QED) is 0.887. The van der Waals surface area contributed by atoms with Gasteiger partial charge < -0.3 is 5.32 Å². The second-order valence-electron chi connectivity index (χ2n) is 4.85. The molecule has 0 amide bonds. The average Bonchev–Trinajstić information content (AvgIpc) is 2.90. The Morgan fingerprint density at radius 1 is 1.35 bits per heavy atom. The summed E-state index contributed by atoms with van der Waals surface area (Å²) in [4.78, 5) is 0.257. The van der Waals surface area contributed by atoms with Crippen LogP contribution in [0.4, 0.5) is 4.39 Å². The number of hydrogen-bond donors (Lipinski definition) is 1. The number of halogens is 1. The second kappa shape index (κ2) is 5.27. The topological polar surface area (TPSA) is 46.2 Å². The van der Waals surface area contributed by atoms with Gasteiger partial charge >= 0.3 is 0 Å². The van der Waals surface area contributed by atoms with Crippen LogP contribution in [0.25, 0.3) is 0 Å². The minimum atomic E-state index is -3.27. The molecule has 1 aromatic heterocycles. The van der Waals surface area contributed by atoms with Crippen molar-refractivity contribution < 1.29 is 12.8 Å². The maximum atomic E-state index is 13.4. The zero-order chi connectivity index (χ0) is 14.2. The fourth-order valence-electron chi connectivity index (χ4n) is 2.46. The molecule has 106 valence electrons. The number of hydrogen-bond acceptors (Lipinski definition) is 4. The number of benzene rings is 1. The Labute approximate surface area is 121 Å². The maximum Gasteiger partial charge on any atom is 0.178 e. The summed E-state index contributed by atoms with van der Waals surface area (Å²) in [5.74, 6) is -0.296. The van der Waals surface area contributed by atoms with Gasteiger partial charge in [-0.2, -0.15) is 11.3 Å². The van der Waals surface area contributed by atoms with Crippen LogP contribution in [0.15, 0.2) is 39.9 Å². The van der Waals surface area contributed by atoms with E-state index in [1.54, 1.807) is 11.3 Å². The summed E-state index contributed by atoms with van der Waals surface area (Å²) in [6, 6.07) is 5.81. The lowest BCUT2D eigenvalue weighted by Crippen LogP contribution is -2.29. The van der Waals surface area contributed by atoms with Gasteiger partial charge in [0.15, 0.2) is 9.84 Å². The molecular formula is C14H14FNO2S2. The van der Waals surface area contributed by atoms with E-state index in [0.29, 0.717) is 18.5 Å². The molecule has 2 heterocycles. The summed E-state index contributed by atoms with van der Waals surface area (Å²) in [5, 5.41) is 7.36. The van der Waals surface area contributed by atoms with Crippen molar-refractivity contribution in [3.63, 3.8) is 0 Å². The monoisotopic (exact) mass is 311 g/mol. The van der Waals surface area contributed by atoms with E-state index in [4.69, 9.17) is 0 Å². The van der Waals surface area contributed by atoms with Crippen molar-refractivity contribution in [3.8, 4) is 0 Å². The van der Waals surface area contributed by atoms with Gasteiger partial charge in [0, 0.05) is 12.6 Å². The first-order chi connectivity index (χ1) is 9.56. The molecule has 0 spiro atoms. The van der Waals surface area contributed by atoms with E-state index in [1.165, 1.54) is 18.2 Å². The zero-order valence-corrected chi connectivity index (χ0v) is 12.3. The number of sulfone groups is 1. The van der Waals surface area contributed by atoms with Gasteiger partial charge in [-0.05, 0) is 52.6 Å². The Balaban J connectivity index is 1.89. The van der Waals surface area contributed by atoms with Crippen LogP contribution in [0.2, 0.25) is 0 Å². The Hall–Kier alpha value is -1.24. The third-order valence-corrected chi connectivity index (χ3v) is 6.04. The van der Waals surface area contributed by atoms with Gasteiger partial charge in [0.05, 0.1) is 10.6 Å². The fourth-order valence-corrected chi connectivity index (χ4v) is 4.73. The van der Waals surface area contributed by atoms with Crippen LogP contribution in [-0.4, -0.2) is 14.2 Å². The molecule has 1 unspecified atom stereocenters. The van der Waals surface area contributed by atoms with Crippen LogP contribution in [0.5, 0.6) is 0 Å². The molecule has 0 radical (unpaired) electrons. The highest BCUT2D eigenvalue weighted by molar-refractivity contribution is 7.91. The number of nitrogens with one attached hydrogen (secondary N) is 1. The molecule has 1 N–H and O–H groups in total. The Morgan fingerprint density at radius 2 is 2.20 bits per heavy atom. The molecule has 0 saturated heterocycles. The van der Waals surface area contributed by atoms with E-state index in [0.717, 1.165) is 5.56 Å². The number of fused-ring (bicyclic) bond motifs is 1. The predicted molar refractivity (Wildman–Crippen MR) is 77.0 cm³/mol. The lowest BCUT2D eigenvalue weighted by Gasteiger charge is -2.26. The van der Waals surface area contributed by atoms with Crippen LogP contribution in [0.3, 0.4) is 0 Å². The van der Waals surface area contributed by atoms with Gasteiger partial charge in [-0.15, -0.1) is 0 Å². The minimum Gasteiger partial charge on any atom is -0.306 e. The van der Waals surface area contributed by atoms with E-state index in [9.17, 15) is 12.8 Å². The van der Waals surface area contributed by atoms with E-state index in [1.807, 2.05) is 16.8 Å². The smallest absolute Gasteiger partial charge is 0.178 e. The molecule has 1 aliphatic rings. The van der Waals surface area contributed by atoms with Crippen molar-refractivity contribution >= 4 is 21.2 Å². The molecule has 3 rings (SSSR count). The first-order valence-electron chi connectivity index (χ1n) is 6.33. The summed E-state index contributed by atoms with van der Waals surface area (Å²) in [6.07, 6.45) is 0.475. The second-order valence-corrected chi connectivity index (χ2v) is 7.71. The minimum absolute atomic E-state index is 0.104. The van der Waals surface area contributed by atoms with Crippen molar-refractivity contribution in [2.24, 2.45) is 0 Å². The van der Waals surface area contributed by atoms with E-state index in [-0.39, 0.29) is 16.7 Å². The maximum absolute atomic E-state index is 13.4. The predicted octanol–water partition coefficient (Wildman–Crippen LogP) is 2.90. The molecule has 20 heavy (non-hydrogen) atoms. The Morgan fingerprint density at radius 3 is 2.95 bits per heavy atom. The van der Waals surface area contributed by atoms with Crippen molar-refractivity contribution in [1.29, 1.82) is 0 Å². The highest BCUT2D eigenvalue weighted by atomic mass is 32.2. The lowest BCUT2D eigenvalue weighted by atomic mass is 10.0. The SMILES string of the molecule is O=S1(=O)CCC(NCc2ccsc2)c2cc(F)ccc21. The standard InChI is InChI=1S/C14H14FNO2S2/c15-11-1-2-14-12(7-11)13(4-6-20(14,17)18)16-8-10-3-5-19-9-10/h1-3,5,7,9,13,16H,4,6,8H2.